The molecule has 2 amide bonds. The van der Waals surface area contributed by atoms with E-state index in [1.165, 1.54) is 0 Å². The fraction of sp³-hybridized carbons (Fsp3) is 0.636. The van der Waals surface area contributed by atoms with Crippen molar-refractivity contribution in [2.75, 3.05) is 31.1 Å². The standard InChI is InChI=1S/C22H31IN6O3/c1-15(30)28-11-7-22(17(14-28)26-20(31)32-21(2,3)4)5-9-27(10-6-22)19-25-13-16(23)18-24-8-12-29(18)19/h8,12-13,17H,5-7,9-11,14H2,1-4H3,(H,26,31). The van der Waals surface area contributed by atoms with E-state index < -0.39 is 11.7 Å². The Labute approximate surface area is 202 Å². The van der Waals surface area contributed by atoms with Gasteiger partial charge in [-0.3, -0.25) is 9.20 Å². The van der Waals surface area contributed by atoms with Gasteiger partial charge in [0.2, 0.25) is 11.9 Å². The van der Waals surface area contributed by atoms with Gasteiger partial charge in [-0.2, -0.15) is 0 Å². The largest absolute Gasteiger partial charge is 0.444 e. The lowest BCUT2D eigenvalue weighted by atomic mass is 9.68. The molecule has 174 valence electrons. The smallest absolute Gasteiger partial charge is 0.407 e. The zero-order valence-corrected chi connectivity index (χ0v) is 21.3. The van der Waals surface area contributed by atoms with E-state index in [4.69, 9.17) is 4.74 Å². The van der Waals surface area contributed by atoms with Crippen molar-refractivity contribution in [1.29, 1.82) is 0 Å². The van der Waals surface area contributed by atoms with Gasteiger partial charge in [0, 0.05) is 51.7 Å². The summed E-state index contributed by atoms with van der Waals surface area (Å²) in [5.74, 6) is 0.935. The molecule has 1 unspecified atom stereocenters. The summed E-state index contributed by atoms with van der Waals surface area (Å²) in [6, 6.07) is -0.143. The van der Waals surface area contributed by atoms with Gasteiger partial charge in [-0.15, -0.1) is 0 Å². The van der Waals surface area contributed by atoms with Crippen LogP contribution >= 0.6 is 22.6 Å². The highest BCUT2D eigenvalue weighted by molar-refractivity contribution is 14.1. The molecule has 2 aromatic rings. The molecule has 2 aliphatic heterocycles. The molecular formula is C22H31IN6O3. The number of ether oxygens (including phenoxy) is 1. The van der Waals surface area contributed by atoms with E-state index in [0.29, 0.717) is 6.54 Å². The Bertz CT molecular complexity index is 1010. The minimum Gasteiger partial charge on any atom is -0.444 e. The molecule has 4 heterocycles. The summed E-state index contributed by atoms with van der Waals surface area (Å²) < 4.78 is 8.58. The Morgan fingerprint density at radius 3 is 2.53 bits per heavy atom. The van der Waals surface area contributed by atoms with Gasteiger partial charge in [0.15, 0.2) is 5.65 Å². The predicted octanol–water partition coefficient (Wildman–Crippen LogP) is 3.07. The maximum Gasteiger partial charge on any atom is 0.407 e. The molecule has 2 aromatic heterocycles. The Morgan fingerprint density at radius 2 is 1.88 bits per heavy atom. The third-order valence-corrected chi connectivity index (χ3v) is 7.32. The van der Waals surface area contributed by atoms with Crippen molar-refractivity contribution in [3.8, 4) is 0 Å². The maximum absolute atomic E-state index is 12.6. The lowest BCUT2D eigenvalue weighted by Crippen LogP contribution is -2.62. The van der Waals surface area contributed by atoms with Crippen LogP contribution < -0.4 is 10.2 Å². The number of amides is 2. The minimum atomic E-state index is -0.567. The van der Waals surface area contributed by atoms with Crippen LogP contribution in [0.2, 0.25) is 0 Å². The van der Waals surface area contributed by atoms with Crippen LogP contribution in [0.5, 0.6) is 0 Å². The zero-order chi connectivity index (χ0) is 23.1. The second-order valence-corrected chi connectivity index (χ2v) is 11.0. The van der Waals surface area contributed by atoms with Gasteiger partial charge in [-0.05, 0) is 68.0 Å². The number of halogens is 1. The van der Waals surface area contributed by atoms with Crippen LogP contribution in [0.1, 0.15) is 47.0 Å². The number of fused-ring (bicyclic) bond motifs is 1. The van der Waals surface area contributed by atoms with E-state index in [-0.39, 0.29) is 17.4 Å². The molecule has 9 nitrogen and oxygen atoms in total. The van der Waals surface area contributed by atoms with E-state index in [1.807, 2.05) is 42.5 Å². The van der Waals surface area contributed by atoms with Crippen molar-refractivity contribution in [3.05, 3.63) is 22.2 Å². The first-order valence-electron chi connectivity index (χ1n) is 11.1. The molecular weight excluding hydrogens is 523 g/mol. The molecule has 2 fully saturated rings. The molecule has 2 saturated heterocycles. The van der Waals surface area contributed by atoms with E-state index >= 15 is 0 Å². The number of imidazole rings is 1. The van der Waals surface area contributed by atoms with Gasteiger partial charge in [0.1, 0.15) is 5.60 Å². The lowest BCUT2D eigenvalue weighted by Gasteiger charge is -2.51. The molecule has 0 saturated carbocycles. The number of nitrogens with one attached hydrogen (secondary N) is 1. The molecule has 0 radical (unpaired) electrons. The normalized spacial score (nSPS) is 21.1. The number of piperidine rings is 2. The van der Waals surface area contributed by atoms with Crippen molar-refractivity contribution in [1.82, 2.24) is 24.6 Å². The number of carbonyl (C=O) groups excluding carboxylic acids is 2. The van der Waals surface area contributed by atoms with Crippen molar-refractivity contribution >= 4 is 46.2 Å². The first-order chi connectivity index (χ1) is 15.1. The summed E-state index contributed by atoms with van der Waals surface area (Å²) in [6.45, 7) is 10.0. The van der Waals surface area contributed by atoms with Crippen LogP contribution in [0, 0.1) is 8.99 Å². The van der Waals surface area contributed by atoms with Crippen LogP contribution in [0.3, 0.4) is 0 Å². The molecule has 32 heavy (non-hydrogen) atoms. The minimum absolute atomic E-state index is 0.0406. The summed E-state index contributed by atoms with van der Waals surface area (Å²) >= 11 is 2.25. The number of aromatic nitrogens is 3. The maximum atomic E-state index is 12.6. The number of carbonyl (C=O) groups is 2. The molecule has 4 rings (SSSR count). The van der Waals surface area contributed by atoms with Gasteiger partial charge in [-0.1, -0.05) is 0 Å². The molecule has 1 spiro atoms. The van der Waals surface area contributed by atoms with Crippen LogP contribution in [-0.4, -0.2) is 69.1 Å². The van der Waals surface area contributed by atoms with Gasteiger partial charge < -0.3 is 19.9 Å². The number of anilines is 1. The second kappa shape index (κ2) is 8.68. The predicted molar refractivity (Wildman–Crippen MR) is 130 cm³/mol. The topological polar surface area (TPSA) is 92.1 Å². The molecule has 0 aromatic carbocycles. The lowest BCUT2D eigenvalue weighted by molar-refractivity contribution is -0.132. The second-order valence-electron chi connectivity index (χ2n) is 9.79. The van der Waals surface area contributed by atoms with Crippen molar-refractivity contribution < 1.29 is 14.3 Å². The summed E-state index contributed by atoms with van der Waals surface area (Å²) in [6.07, 6.45) is 7.86. The van der Waals surface area contributed by atoms with Gasteiger partial charge in [-0.25, -0.2) is 14.8 Å². The third-order valence-electron chi connectivity index (χ3n) is 6.56. The third kappa shape index (κ3) is 4.65. The summed E-state index contributed by atoms with van der Waals surface area (Å²) in [5.41, 5.74) is 0.272. The van der Waals surface area contributed by atoms with Crippen molar-refractivity contribution in [2.45, 2.75) is 58.6 Å². The van der Waals surface area contributed by atoms with E-state index in [1.54, 1.807) is 13.1 Å². The Hall–Kier alpha value is -2.11. The zero-order valence-electron chi connectivity index (χ0n) is 19.1. The number of rotatable bonds is 2. The molecule has 2 aliphatic rings. The quantitative estimate of drug-likeness (QED) is 0.574. The Kier molecular flexibility index (Phi) is 6.25. The number of alkyl carbamates (subject to hydrolysis) is 1. The average Bonchev–Trinajstić information content (AvgIpc) is 3.20. The Morgan fingerprint density at radius 1 is 1.19 bits per heavy atom. The van der Waals surface area contributed by atoms with Gasteiger partial charge >= 0.3 is 6.09 Å². The average molecular weight is 554 g/mol. The molecule has 0 aliphatic carbocycles. The van der Waals surface area contributed by atoms with Crippen molar-refractivity contribution in [3.63, 3.8) is 0 Å². The van der Waals surface area contributed by atoms with Crippen molar-refractivity contribution in [2.24, 2.45) is 5.41 Å². The highest BCUT2D eigenvalue weighted by atomic mass is 127. The Balaban J connectivity index is 1.52. The molecule has 0 bridgehead atoms. The number of hydrogen-bond donors (Lipinski definition) is 1. The first kappa shape index (κ1) is 23.1. The fourth-order valence-corrected chi connectivity index (χ4v) is 5.37. The van der Waals surface area contributed by atoms with E-state index in [9.17, 15) is 9.59 Å². The number of nitrogens with zero attached hydrogens (tertiary/aromatic N) is 5. The fourth-order valence-electron chi connectivity index (χ4n) is 4.83. The summed E-state index contributed by atoms with van der Waals surface area (Å²) in [7, 11) is 0. The number of hydrogen-bond acceptors (Lipinski definition) is 6. The van der Waals surface area contributed by atoms with E-state index in [2.05, 4.69) is 42.8 Å². The summed E-state index contributed by atoms with van der Waals surface area (Å²) in [5, 5.41) is 3.10. The first-order valence-corrected chi connectivity index (χ1v) is 12.1. The van der Waals surface area contributed by atoms with Crippen LogP contribution in [0.15, 0.2) is 18.6 Å². The SMILES string of the molecule is CC(=O)N1CCC2(CCN(c3ncc(I)c4nccn34)CC2)C(NC(=O)OC(C)(C)C)C1. The number of likely N-dealkylation sites (tertiary alicyclic amines) is 1. The van der Waals surface area contributed by atoms with E-state index in [0.717, 1.165) is 54.1 Å². The molecule has 1 N–H and O–H groups in total. The highest BCUT2D eigenvalue weighted by Crippen LogP contribution is 2.42. The van der Waals surface area contributed by atoms with Gasteiger partial charge in [0.05, 0.1) is 9.61 Å². The van der Waals surface area contributed by atoms with Crippen LogP contribution in [0.4, 0.5) is 10.7 Å². The molecule has 10 heteroatoms. The molecule has 1 atom stereocenters. The van der Waals surface area contributed by atoms with Crippen LogP contribution in [-0.2, 0) is 9.53 Å². The van der Waals surface area contributed by atoms with Crippen LogP contribution in [0.25, 0.3) is 5.65 Å². The van der Waals surface area contributed by atoms with Gasteiger partial charge in [0.25, 0.3) is 0 Å². The highest BCUT2D eigenvalue weighted by Gasteiger charge is 2.46. The monoisotopic (exact) mass is 554 g/mol. The summed E-state index contributed by atoms with van der Waals surface area (Å²) in [4.78, 5) is 37.9.